The highest BCUT2D eigenvalue weighted by molar-refractivity contribution is 9.10. The summed E-state index contributed by atoms with van der Waals surface area (Å²) in [4.78, 5) is 12.2. The van der Waals surface area contributed by atoms with Gasteiger partial charge in [0, 0.05) is 11.1 Å². The molecule has 0 radical (unpaired) electrons. The molecule has 1 saturated heterocycles. The molecule has 1 aliphatic rings. The van der Waals surface area contributed by atoms with Gasteiger partial charge in [-0.1, -0.05) is 15.9 Å². The standard InChI is InChI=1S/C13H13BrN2O2/c1-13(5-2-6-18-13)12(17)16-11-7-10(14)4-3-9(11)8-15/h3-4,7H,2,5-6H2,1H3,(H,16,17). The van der Waals surface area contributed by atoms with E-state index in [9.17, 15) is 4.79 Å². The number of amides is 1. The highest BCUT2D eigenvalue weighted by atomic mass is 79.9. The van der Waals surface area contributed by atoms with Crippen molar-refractivity contribution in [2.75, 3.05) is 11.9 Å². The zero-order chi connectivity index (χ0) is 13.2. The van der Waals surface area contributed by atoms with Gasteiger partial charge in [0.15, 0.2) is 0 Å². The Balaban J connectivity index is 2.21. The topological polar surface area (TPSA) is 62.1 Å². The summed E-state index contributed by atoms with van der Waals surface area (Å²) in [6, 6.07) is 7.20. The van der Waals surface area contributed by atoms with Gasteiger partial charge in [-0.3, -0.25) is 4.79 Å². The molecule has 1 heterocycles. The van der Waals surface area contributed by atoms with Crippen LogP contribution >= 0.6 is 15.9 Å². The van der Waals surface area contributed by atoms with Crippen molar-refractivity contribution in [3.63, 3.8) is 0 Å². The average Bonchev–Trinajstić information content (AvgIpc) is 2.78. The third-order valence-electron chi connectivity index (χ3n) is 3.05. The van der Waals surface area contributed by atoms with Crippen LogP contribution in [0.2, 0.25) is 0 Å². The number of hydrogen-bond donors (Lipinski definition) is 1. The Morgan fingerprint density at radius 3 is 3.00 bits per heavy atom. The summed E-state index contributed by atoms with van der Waals surface area (Å²) in [6.07, 6.45) is 1.59. The molecule has 18 heavy (non-hydrogen) atoms. The van der Waals surface area contributed by atoms with Crippen LogP contribution < -0.4 is 5.32 Å². The summed E-state index contributed by atoms with van der Waals surface area (Å²) in [5.74, 6) is -0.199. The average molecular weight is 309 g/mol. The lowest BCUT2D eigenvalue weighted by molar-refractivity contribution is -0.133. The van der Waals surface area contributed by atoms with Crippen molar-refractivity contribution in [1.29, 1.82) is 5.26 Å². The van der Waals surface area contributed by atoms with Gasteiger partial charge in [-0.15, -0.1) is 0 Å². The monoisotopic (exact) mass is 308 g/mol. The fourth-order valence-corrected chi connectivity index (χ4v) is 2.29. The molecule has 0 aliphatic carbocycles. The van der Waals surface area contributed by atoms with E-state index in [0.29, 0.717) is 24.3 Å². The molecule has 5 heteroatoms. The number of rotatable bonds is 2. The Labute approximate surface area is 114 Å². The summed E-state index contributed by atoms with van der Waals surface area (Å²) in [7, 11) is 0. The van der Waals surface area contributed by atoms with Crippen LogP contribution in [0.4, 0.5) is 5.69 Å². The predicted octanol–water partition coefficient (Wildman–Crippen LogP) is 2.83. The molecule has 1 atom stereocenters. The van der Waals surface area contributed by atoms with Crippen molar-refractivity contribution in [2.24, 2.45) is 0 Å². The Kier molecular flexibility index (Phi) is 3.69. The van der Waals surface area contributed by atoms with Crippen molar-refractivity contribution in [2.45, 2.75) is 25.4 Å². The van der Waals surface area contributed by atoms with E-state index < -0.39 is 5.60 Å². The van der Waals surface area contributed by atoms with Gasteiger partial charge in [-0.05, 0) is 38.0 Å². The second-order valence-corrected chi connectivity index (χ2v) is 5.35. The summed E-state index contributed by atoms with van der Waals surface area (Å²) in [5, 5.41) is 11.8. The predicted molar refractivity (Wildman–Crippen MR) is 71.1 cm³/mol. The number of nitrogens with one attached hydrogen (secondary N) is 1. The largest absolute Gasteiger partial charge is 0.365 e. The quantitative estimate of drug-likeness (QED) is 0.914. The van der Waals surface area contributed by atoms with Crippen molar-refractivity contribution in [3.05, 3.63) is 28.2 Å². The molecule has 1 amide bonds. The zero-order valence-electron chi connectivity index (χ0n) is 10.00. The summed E-state index contributed by atoms with van der Waals surface area (Å²) in [6.45, 7) is 2.38. The van der Waals surface area contributed by atoms with Gasteiger partial charge in [0.2, 0.25) is 0 Å². The van der Waals surface area contributed by atoms with E-state index in [-0.39, 0.29) is 5.91 Å². The lowest BCUT2D eigenvalue weighted by Gasteiger charge is -2.22. The summed E-state index contributed by atoms with van der Waals surface area (Å²) >= 11 is 3.32. The minimum atomic E-state index is -0.783. The van der Waals surface area contributed by atoms with E-state index >= 15 is 0 Å². The highest BCUT2D eigenvalue weighted by Crippen LogP contribution is 2.28. The van der Waals surface area contributed by atoms with Crippen LogP contribution in [0, 0.1) is 11.3 Å². The SMILES string of the molecule is CC1(C(=O)Nc2cc(Br)ccc2C#N)CCCO1. The number of carbonyl (C=O) groups excluding carboxylic acids is 1. The van der Waals surface area contributed by atoms with E-state index in [2.05, 4.69) is 27.3 Å². The van der Waals surface area contributed by atoms with Crippen LogP contribution in [0.25, 0.3) is 0 Å². The molecule has 0 aromatic heterocycles. The van der Waals surface area contributed by atoms with Crippen LogP contribution in [0.15, 0.2) is 22.7 Å². The number of benzene rings is 1. The highest BCUT2D eigenvalue weighted by Gasteiger charge is 2.37. The maximum atomic E-state index is 12.2. The number of anilines is 1. The minimum Gasteiger partial charge on any atom is -0.365 e. The van der Waals surface area contributed by atoms with Crippen molar-refractivity contribution in [3.8, 4) is 6.07 Å². The molecule has 1 unspecified atom stereocenters. The lowest BCUT2D eigenvalue weighted by atomic mass is 10.0. The second-order valence-electron chi connectivity index (χ2n) is 4.44. The molecular weight excluding hydrogens is 296 g/mol. The molecule has 1 aromatic carbocycles. The molecule has 0 bridgehead atoms. The normalized spacial score (nSPS) is 22.5. The minimum absolute atomic E-state index is 0.199. The molecule has 2 rings (SSSR count). The fraction of sp³-hybridized carbons (Fsp3) is 0.385. The Bertz CT molecular complexity index is 516. The first-order chi connectivity index (χ1) is 8.55. The molecule has 1 aliphatic heterocycles. The molecular formula is C13H13BrN2O2. The first-order valence-electron chi connectivity index (χ1n) is 5.70. The van der Waals surface area contributed by atoms with Gasteiger partial charge in [0.1, 0.15) is 11.7 Å². The van der Waals surface area contributed by atoms with E-state index in [0.717, 1.165) is 10.9 Å². The smallest absolute Gasteiger partial charge is 0.256 e. The number of carbonyl (C=O) groups is 1. The number of hydrogen-bond acceptors (Lipinski definition) is 3. The molecule has 1 N–H and O–H groups in total. The Hall–Kier alpha value is -1.38. The molecule has 1 fully saturated rings. The van der Waals surface area contributed by atoms with Gasteiger partial charge >= 0.3 is 0 Å². The van der Waals surface area contributed by atoms with Crippen LogP contribution in [0.1, 0.15) is 25.3 Å². The third-order valence-corrected chi connectivity index (χ3v) is 3.54. The van der Waals surface area contributed by atoms with Gasteiger partial charge < -0.3 is 10.1 Å². The van der Waals surface area contributed by atoms with E-state index in [1.807, 2.05) is 0 Å². The molecule has 0 saturated carbocycles. The second kappa shape index (κ2) is 5.09. The first-order valence-corrected chi connectivity index (χ1v) is 6.49. The maximum Gasteiger partial charge on any atom is 0.256 e. The number of nitrogens with zero attached hydrogens (tertiary/aromatic N) is 1. The van der Waals surface area contributed by atoms with E-state index in [4.69, 9.17) is 10.00 Å². The molecule has 1 aromatic rings. The maximum absolute atomic E-state index is 12.2. The van der Waals surface area contributed by atoms with E-state index in [1.54, 1.807) is 25.1 Å². The first kappa shape index (κ1) is 13.1. The number of halogens is 1. The van der Waals surface area contributed by atoms with Crippen molar-refractivity contribution >= 4 is 27.5 Å². The fourth-order valence-electron chi connectivity index (χ4n) is 1.93. The zero-order valence-corrected chi connectivity index (χ0v) is 11.6. The van der Waals surface area contributed by atoms with Crippen molar-refractivity contribution in [1.82, 2.24) is 0 Å². The third kappa shape index (κ3) is 2.55. The summed E-state index contributed by atoms with van der Waals surface area (Å²) < 4.78 is 6.29. The van der Waals surface area contributed by atoms with Crippen LogP contribution in [-0.2, 0) is 9.53 Å². The Morgan fingerprint density at radius 1 is 1.61 bits per heavy atom. The van der Waals surface area contributed by atoms with Gasteiger partial charge in [-0.2, -0.15) is 5.26 Å². The van der Waals surface area contributed by atoms with Gasteiger partial charge in [0.05, 0.1) is 11.3 Å². The van der Waals surface area contributed by atoms with Crippen molar-refractivity contribution < 1.29 is 9.53 Å². The lowest BCUT2D eigenvalue weighted by Crippen LogP contribution is -2.39. The number of nitriles is 1. The summed E-state index contributed by atoms with van der Waals surface area (Å²) in [5.41, 5.74) is 0.163. The van der Waals surface area contributed by atoms with E-state index in [1.165, 1.54) is 0 Å². The van der Waals surface area contributed by atoms with Crippen LogP contribution in [0.5, 0.6) is 0 Å². The molecule has 4 nitrogen and oxygen atoms in total. The van der Waals surface area contributed by atoms with Gasteiger partial charge in [0.25, 0.3) is 5.91 Å². The Morgan fingerprint density at radius 2 is 2.39 bits per heavy atom. The van der Waals surface area contributed by atoms with Crippen LogP contribution in [-0.4, -0.2) is 18.1 Å². The van der Waals surface area contributed by atoms with Gasteiger partial charge in [-0.25, -0.2) is 0 Å². The number of ether oxygens (including phenoxy) is 1. The molecule has 94 valence electrons. The van der Waals surface area contributed by atoms with Crippen LogP contribution in [0.3, 0.4) is 0 Å². The molecule has 0 spiro atoms.